The number of aliphatic carboxylic acids is 2. The van der Waals surface area contributed by atoms with E-state index in [0.29, 0.717) is 5.69 Å². The van der Waals surface area contributed by atoms with Gasteiger partial charge >= 0.3 is 11.9 Å². The number of rotatable bonds is 15. The average molecular weight is 485 g/mol. The van der Waals surface area contributed by atoms with Gasteiger partial charge in [0, 0.05) is 24.7 Å². The van der Waals surface area contributed by atoms with Crippen LogP contribution in [0.25, 0.3) is 0 Å². The maximum Gasteiger partial charge on any atom is 0.326 e. The lowest BCUT2D eigenvalue weighted by Gasteiger charge is -2.24. The number of aromatic nitrogens is 2. The van der Waals surface area contributed by atoms with E-state index >= 15 is 0 Å². The van der Waals surface area contributed by atoms with Crippen molar-refractivity contribution in [2.24, 2.45) is 11.5 Å². The smallest absolute Gasteiger partial charge is 0.326 e. The van der Waals surface area contributed by atoms with Gasteiger partial charge in [-0.15, -0.1) is 0 Å². The first-order valence-corrected chi connectivity index (χ1v) is 9.92. The molecule has 0 saturated carbocycles. The van der Waals surface area contributed by atoms with E-state index in [4.69, 9.17) is 21.7 Å². The minimum atomic E-state index is -1.71. The summed E-state index contributed by atoms with van der Waals surface area (Å²) in [6, 6.07) is -5.95. The zero-order valence-electron chi connectivity index (χ0n) is 17.9. The first kappa shape index (κ1) is 28.0. The van der Waals surface area contributed by atoms with Crippen LogP contribution in [0, 0.1) is 0 Å². The molecule has 11 N–H and O–H groups in total. The molecule has 0 fully saturated rings. The predicted molar refractivity (Wildman–Crippen MR) is 111 cm³/mol. The summed E-state index contributed by atoms with van der Waals surface area (Å²) in [7, 11) is 0. The van der Waals surface area contributed by atoms with E-state index in [-0.39, 0.29) is 12.8 Å². The van der Waals surface area contributed by atoms with Crippen molar-refractivity contribution < 1.29 is 44.1 Å². The maximum atomic E-state index is 12.6. The highest BCUT2D eigenvalue weighted by atomic mass is 16.4. The van der Waals surface area contributed by atoms with Crippen molar-refractivity contribution in [3.63, 3.8) is 0 Å². The van der Waals surface area contributed by atoms with Crippen molar-refractivity contribution in [3.05, 3.63) is 18.2 Å². The number of nitrogens with zero attached hydrogens (tertiary/aromatic N) is 1. The highest BCUT2D eigenvalue weighted by Crippen LogP contribution is 2.03. The third-order valence-corrected chi connectivity index (χ3v) is 4.45. The van der Waals surface area contributed by atoms with E-state index in [1.165, 1.54) is 12.5 Å². The van der Waals surface area contributed by atoms with E-state index < -0.39 is 79.2 Å². The van der Waals surface area contributed by atoms with Gasteiger partial charge in [-0.1, -0.05) is 0 Å². The number of carboxylic acids is 2. The minimum absolute atomic E-state index is 0.0389. The van der Waals surface area contributed by atoms with Gasteiger partial charge in [0.25, 0.3) is 0 Å². The molecule has 4 atom stereocenters. The molecule has 0 radical (unpaired) electrons. The molecule has 1 aromatic rings. The van der Waals surface area contributed by atoms with Crippen LogP contribution in [0.4, 0.5) is 0 Å². The van der Waals surface area contributed by atoms with E-state index in [1.807, 2.05) is 5.32 Å². The molecule has 1 heterocycles. The Morgan fingerprint density at radius 1 is 0.971 bits per heavy atom. The number of hydrogen-bond acceptors (Lipinski definition) is 9. The molecule has 1 aromatic heterocycles. The fourth-order valence-corrected chi connectivity index (χ4v) is 2.68. The summed E-state index contributed by atoms with van der Waals surface area (Å²) in [4.78, 5) is 76.9. The molecular weight excluding hydrogens is 458 g/mol. The molecule has 188 valence electrons. The topological polar surface area (TPSA) is 280 Å². The van der Waals surface area contributed by atoms with Crippen LogP contribution in [0.2, 0.25) is 0 Å². The number of carboxylic acid groups (broad SMARTS) is 2. The number of carbonyl (C=O) groups is 6. The fraction of sp³-hybridized carbons (Fsp3) is 0.500. The molecule has 0 aromatic carbocycles. The second-order valence-electron chi connectivity index (χ2n) is 7.19. The number of aliphatic hydroxyl groups excluding tert-OH is 1. The Balaban J connectivity index is 2.86. The molecule has 4 amide bonds. The number of nitrogens with one attached hydrogen (secondary N) is 4. The van der Waals surface area contributed by atoms with Gasteiger partial charge in [0.2, 0.25) is 23.6 Å². The standard InChI is InChI=1S/C18H27N7O9/c19-9(3-8-5-21-7-22-8)15(30)23-10(1-2-14(28)29)16(31)25-12(6-26)17(32)24-11(18(33)34)4-13(20)27/h5,7,9-12,26H,1-4,6,19H2,(H2,20,27)(H,21,22)(H,23,30)(H,24,32)(H,25,31)(H,28,29)(H,33,34). The summed E-state index contributed by atoms with van der Waals surface area (Å²) < 4.78 is 0. The number of carbonyl (C=O) groups excluding carboxylic acids is 4. The Bertz CT molecular complexity index is 890. The normalized spacial score (nSPS) is 14.2. The first-order chi connectivity index (χ1) is 15.9. The second kappa shape index (κ2) is 13.5. The monoisotopic (exact) mass is 485 g/mol. The van der Waals surface area contributed by atoms with Crippen LogP contribution in [0.15, 0.2) is 12.5 Å². The summed E-state index contributed by atoms with van der Waals surface area (Å²) in [6.07, 6.45) is 1.22. The van der Waals surface area contributed by atoms with Crippen molar-refractivity contribution >= 4 is 35.6 Å². The Morgan fingerprint density at radius 2 is 1.56 bits per heavy atom. The van der Waals surface area contributed by atoms with Gasteiger partial charge in [-0.3, -0.25) is 24.0 Å². The van der Waals surface area contributed by atoms with Gasteiger partial charge in [-0.2, -0.15) is 0 Å². The summed E-state index contributed by atoms with van der Waals surface area (Å²) in [5, 5.41) is 33.8. The Morgan fingerprint density at radius 3 is 2.06 bits per heavy atom. The van der Waals surface area contributed by atoms with E-state index in [9.17, 15) is 33.9 Å². The molecule has 0 spiro atoms. The van der Waals surface area contributed by atoms with Gasteiger partial charge in [-0.05, 0) is 6.42 Å². The largest absolute Gasteiger partial charge is 0.481 e. The zero-order valence-corrected chi connectivity index (χ0v) is 17.9. The van der Waals surface area contributed by atoms with E-state index in [2.05, 4.69) is 20.6 Å². The van der Waals surface area contributed by atoms with E-state index in [0.717, 1.165) is 0 Å². The maximum absolute atomic E-state index is 12.6. The van der Waals surface area contributed by atoms with Crippen LogP contribution in [-0.2, 0) is 35.2 Å². The summed E-state index contributed by atoms with van der Waals surface area (Å²) in [6.45, 7) is -0.973. The third kappa shape index (κ3) is 9.61. The molecule has 0 bridgehead atoms. The SMILES string of the molecule is NC(=O)CC(NC(=O)C(CO)NC(=O)C(CCC(=O)O)NC(=O)C(N)Cc1cnc[nH]1)C(=O)O. The molecule has 0 aliphatic heterocycles. The van der Waals surface area contributed by atoms with Crippen LogP contribution in [0.5, 0.6) is 0 Å². The Hall–Kier alpha value is -4.05. The molecular formula is C18H27N7O9. The van der Waals surface area contributed by atoms with Gasteiger partial charge in [0.1, 0.15) is 18.1 Å². The number of aliphatic hydroxyl groups is 1. The number of imidazole rings is 1. The summed E-state index contributed by atoms with van der Waals surface area (Å²) in [5.41, 5.74) is 11.3. The molecule has 0 saturated heterocycles. The number of primary amides is 1. The number of H-pyrrole nitrogens is 1. The first-order valence-electron chi connectivity index (χ1n) is 9.92. The number of nitrogens with two attached hydrogens (primary N) is 2. The van der Waals surface area contributed by atoms with Crippen molar-refractivity contribution in [3.8, 4) is 0 Å². The zero-order chi connectivity index (χ0) is 25.8. The van der Waals surface area contributed by atoms with Gasteiger partial charge in [0.15, 0.2) is 0 Å². The lowest BCUT2D eigenvalue weighted by Crippen LogP contribution is -2.58. The third-order valence-electron chi connectivity index (χ3n) is 4.45. The quantitative estimate of drug-likeness (QED) is 0.114. The number of amides is 4. The van der Waals surface area contributed by atoms with Gasteiger partial charge in [0.05, 0.1) is 25.4 Å². The average Bonchev–Trinajstić information content (AvgIpc) is 3.26. The fourth-order valence-electron chi connectivity index (χ4n) is 2.68. The van der Waals surface area contributed by atoms with Crippen LogP contribution in [-0.4, -0.2) is 91.6 Å². The van der Waals surface area contributed by atoms with Crippen LogP contribution >= 0.6 is 0 Å². The minimum Gasteiger partial charge on any atom is -0.481 e. The molecule has 34 heavy (non-hydrogen) atoms. The molecule has 0 aliphatic carbocycles. The van der Waals surface area contributed by atoms with Gasteiger partial charge < -0.3 is 47.7 Å². The van der Waals surface area contributed by atoms with Crippen molar-refractivity contribution in [2.45, 2.75) is 49.9 Å². The lowest BCUT2D eigenvalue weighted by atomic mass is 10.1. The molecule has 0 aliphatic rings. The van der Waals surface area contributed by atoms with E-state index in [1.54, 1.807) is 0 Å². The van der Waals surface area contributed by atoms with Crippen LogP contribution in [0.3, 0.4) is 0 Å². The summed E-state index contributed by atoms with van der Waals surface area (Å²) >= 11 is 0. The molecule has 1 rings (SSSR count). The highest BCUT2D eigenvalue weighted by Gasteiger charge is 2.31. The number of hydrogen-bond donors (Lipinski definition) is 9. The Kier molecular flexibility index (Phi) is 11.1. The van der Waals surface area contributed by atoms with Crippen molar-refractivity contribution in [1.29, 1.82) is 0 Å². The van der Waals surface area contributed by atoms with Crippen LogP contribution < -0.4 is 27.4 Å². The second-order valence-corrected chi connectivity index (χ2v) is 7.19. The lowest BCUT2D eigenvalue weighted by molar-refractivity contribution is -0.144. The molecule has 16 heteroatoms. The Labute approximate surface area is 192 Å². The predicted octanol–water partition coefficient (Wildman–Crippen LogP) is -4.45. The molecule has 4 unspecified atom stereocenters. The van der Waals surface area contributed by atoms with Crippen molar-refractivity contribution in [2.75, 3.05) is 6.61 Å². The summed E-state index contributed by atoms with van der Waals surface area (Å²) in [5.74, 6) is -6.82. The highest BCUT2D eigenvalue weighted by molar-refractivity contribution is 5.95. The van der Waals surface area contributed by atoms with Crippen molar-refractivity contribution in [1.82, 2.24) is 25.9 Å². The molecule has 16 nitrogen and oxygen atoms in total. The van der Waals surface area contributed by atoms with Gasteiger partial charge in [-0.25, -0.2) is 9.78 Å². The number of aromatic amines is 1. The van der Waals surface area contributed by atoms with Crippen LogP contribution in [0.1, 0.15) is 25.0 Å².